The number of benzene rings is 1. The summed E-state index contributed by atoms with van der Waals surface area (Å²) >= 11 is 1.72. The summed E-state index contributed by atoms with van der Waals surface area (Å²) in [6, 6.07) is 7.70. The zero-order valence-electron chi connectivity index (χ0n) is 12.9. The first-order valence-corrected chi connectivity index (χ1v) is 8.74. The molecule has 6 heteroatoms. The summed E-state index contributed by atoms with van der Waals surface area (Å²) < 4.78 is 6.76. The highest BCUT2D eigenvalue weighted by Gasteiger charge is 2.17. The molecule has 22 heavy (non-hydrogen) atoms. The maximum Gasteiger partial charge on any atom is 0.210 e. The number of hydrogen-bond donors (Lipinski definition) is 1. The number of thioether (sulfide) groups is 1. The third-order valence-electron chi connectivity index (χ3n) is 4.19. The molecule has 0 aliphatic heterocycles. The Hall–Kier alpha value is -1.69. The van der Waals surface area contributed by atoms with Crippen LogP contribution in [0.5, 0.6) is 5.75 Å². The van der Waals surface area contributed by atoms with Crippen LogP contribution in [0.3, 0.4) is 0 Å². The molecule has 1 heterocycles. The molecule has 2 aromatic rings. The molecule has 0 saturated heterocycles. The van der Waals surface area contributed by atoms with Crippen LogP contribution in [0.15, 0.2) is 29.4 Å². The normalized spacial score (nSPS) is 15.9. The van der Waals surface area contributed by atoms with Crippen LogP contribution in [0, 0.1) is 5.92 Å². The number of nitrogen functional groups attached to an aromatic ring is 1. The van der Waals surface area contributed by atoms with E-state index in [2.05, 4.69) is 10.2 Å². The summed E-state index contributed by atoms with van der Waals surface area (Å²) in [6.07, 6.45) is 6.76. The Kier molecular flexibility index (Phi) is 4.87. The average molecular weight is 318 g/mol. The number of nitrogens with two attached hydrogens (primary N) is 1. The van der Waals surface area contributed by atoms with E-state index in [-0.39, 0.29) is 0 Å². The van der Waals surface area contributed by atoms with Gasteiger partial charge in [-0.15, -0.1) is 10.2 Å². The number of rotatable bonds is 5. The Bertz CT molecular complexity index is 605. The highest BCUT2D eigenvalue weighted by atomic mass is 32.2. The van der Waals surface area contributed by atoms with E-state index in [1.54, 1.807) is 23.5 Å². The Morgan fingerprint density at radius 2 is 1.91 bits per heavy atom. The van der Waals surface area contributed by atoms with Crippen molar-refractivity contribution in [3.8, 4) is 17.1 Å². The maximum atomic E-state index is 6.16. The van der Waals surface area contributed by atoms with Crippen molar-refractivity contribution in [2.24, 2.45) is 5.92 Å². The summed E-state index contributed by atoms with van der Waals surface area (Å²) in [4.78, 5) is 0. The minimum atomic E-state index is 0.689. The largest absolute Gasteiger partial charge is 0.497 e. The number of ether oxygens (including phenoxy) is 1. The highest BCUT2D eigenvalue weighted by Crippen LogP contribution is 2.30. The van der Waals surface area contributed by atoms with Gasteiger partial charge in [-0.2, -0.15) is 0 Å². The van der Waals surface area contributed by atoms with Crippen LogP contribution in [0.1, 0.15) is 32.1 Å². The van der Waals surface area contributed by atoms with Crippen molar-refractivity contribution in [2.75, 3.05) is 18.7 Å². The van der Waals surface area contributed by atoms with Gasteiger partial charge in [-0.05, 0) is 43.0 Å². The zero-order chi connectivity index (χ0) is 15.4. The van der Waals surface area contributed by atoms with Crippen molar-refractivity contribution < 1.29 is 4.74 Å². The van der Waals surface area contributed by atoms with E-state index < -0.39 is 0 Å². The summed E-state index contributed by atoms with van der Waals surface area (Å²) in [7, 11) is 1.65. The molecule has 1 aliphatic carbocycles. The van der Waals surface area contributed by atoms with Gasteiger partial charge in [0.2, 0.25) is 5.16 Å². The van der Waals surface area contributed by atoms with Crippen molar-refractivity contribution in [3.05, 3.63) is 24.3 Å². The first-order chi connectivity index (χ1) is 10.8. The predicted molar refractivity (Wildman–Crippen MR) is 89.5 cm³/mol. The predicted octanol–water partition coefficient (Wildman–Crippen LogP) is 3.34. The van der Waals surface area contributed by atoms with Crippen LogP contribution < -0.4 is 10.6 Å². The van der Waals surface area contributed by atoms with Crippen LogP contribution in [0.25, 0.3) is 11.4 Å². The zero-order valence-corrected chi connectivity index (χ0v) is 13.7. The molecule has 0 unspecified atom stereocenters. The van der Waals surface area contributed by atoms with Gasteiger partial charge in [0.15, 0.2) is 5.82 Å². The maximum absolute atomic E-state index is 6.16. The summed E-state index contributed by atoms with van der Waals surface area (Å²) in [6.45, 7) is 0. The lowest BCUT2D eigenvalue weighted by Gasteiger charge is -2.20. The van der Waals surface area contributed by atoms with Gasteiger partial charge in [-0.1, -0.05) is 31.0 Å². The standard InChI is InChI=1S/C16H22N4OS/c1-21-14-9-7-13(8-10-14)15-18-19-16(20(15)17)22-11-12-5-3-2-4-6-12/h7-10,12H,2-6,11,17H2,1H3. The van der Waals surface area contributed by atoms with Gasteiger partial charge in [-0.25, -0.2) is 4.68 Å². The first-order valence-electron chi connectivity index (χ1n) is 7.75. The molecule has 1 fully saturated rings. The quantitative estimate of drug-likeness (QED) is 0.676. The molecule has 0 radical (unpaired) electrons. The van der Waals surface area contributed by atoms with E-state index in [0.717, 1.165) is 28.1 Å². The molecular weight excluding hydrogens is 296 g/mol. The van der Waals surface area contributed by atoms with Crippen molar-refractivity contribution in [1.29, 1.82) is 0 Å². The van der Waals surface area contributed by atoms with E-state index in [4.69, 9.17) is 10.6 Å². The molecule has 1 saturated carbocycles. The first kappa shape index (κ1) is 15.2. The van der Waals surface area contributed by atoms with Crippen LogP contribution >= 0.6 is 11.8 Å². The number of nitrogens with zero attached hydrogens (tertiary/aromatic N) is 3. The monoisotopic (exact) mass is 318 g/mol. The molecule has 1 aromatic heterocycles. The molecule has 2 N–H and O–H groups in total. The highest BCUT2D eigenvalue weighted by molar-refractivity contribution is 7.99. The van der Waals surface area contributed by atoms with Gasteiger partial charge in [-0.3, -0.25) is 0 Å². The number of aromatic nitrogens is 3. The van der Waals surface area contributed by atoms with E-state index in [9.17, 15) is 0 Å². The third-order valence-corrected chi connectivity index (χ3v) is 5.36. The molecular formula is C16H22N4OS. The van der Waals surface area contributed by atoms with Crippen molar-refractivity contribution in [2.45, 2.75) is 37.3 Å². The summed E-state index contributed by atoms with van der Waals surface area (Å²) in [5.41, 5.74) is 0.945. The van der Waals surface area contributed by atoms with E-state index in [0.29, 0.717) is 5.82 Å². The smallest absolute Gasteiger partial charge is 0.210 e. The summed E-state index contributed by atoms with van der Waals surface area (Å²) in [5.74, 6) is 9.54. The Morgan fingerprint density at radius 1 is 1.18 bits per heavy atom. The van der Waals surface area contributed by atoms with E-state index in [1.807, 2.05) is 24.3 Å². The van der Waals surface area contributed by atoms with Crippen molar-refractivity contribution >= 4 is 11.8 Å². The molecule has 0 amide bonds. The number of hydrogen-bond acceptors (Lipinski definition) is 5. The fourth-order valence-electron chi connectivity index (χ4n) is 2.86. The molecule has 0 spiro atoms. The minimum absolute atomic E-state index is 0.689. The fraction of sp³-hybridized carbons (Fsp3) is 0.500. The Labute approximate surface area is 135 Å². The van der Waals surface area contributed by atoms with E-state index >= 15 is 0 Å². The lowest BCUT2D eigenvalue weighted by Crippen LogP contribution is -2.13. The lowest BCUT2D eigenvalue weighted by atomic mass is 9.91. The van der Waals surface area contributed by atoms with Crippen molar-refractivity contribution in [1.82, 2.24) is 14.9 Å². The minimum Gasteiger partial charge on any atom is -0.497 e. The van der Waals surface area contributed by atoms with Crippen LogP contribution in [-0.4, -0.2) is 27.7 Å². The van der Waals surface area contributed by atoms with Crippen molar-refractivity contribution in [3.63, 3.8) is 0 Å². The third kappa shape index (κ3) is 3.38. The molecule has 1 aromatic carbocycles. The average Bonchev–Trinajstić information content (AvgIpc) is 2.95. The topological polar surface area (TPSA) is 66.0 Å². The second-order valence-corrected chi connectivity index (χ2v) is 6.71. The van der Waals surface area contributed by atoms with Gasteiger partial charge in [0.25, 0.3) is 0 Å². The molecule has 3 rings (SSSR count). The molecule has 118 valence electrons. The Morgan fingerprint density at radius 3 is 2.59 bits per heavy atom. The lowest BCUT2D eigenvalue weighted by molar-refractivity contribution is 0.390. The van der Waals surface area contributed by atoms with Gasteiger partial charge < -0.3 is 10.6 Å². The Balaban J connectivity index is 1.68. The van der Waals surface area contributed by atoms with Crippen LogP contribution in [-0.2, 0) is 0 Å². The molecule has 1 aliphatic rings. The second kappa shape index (κ2) is 7.05. The van der Waals surface area contributed by atoms with Gasteiger partial charge >= 0.3 is 0 Å². The fourth-order valence-corrected chi connectivity index (χ4v) is 3.90. The SMILES string of the molecule is COc1ccc(-c2nnc(SCC3CCCCC3)n2N)cc1. The molecule has 0 bridgehead atoms. The van der Waals surface area contributed by atoms with Crippen LogP contribution in [0.4, 0.5) is 0 Å². The molecule has 5 nitrogen and oxygen atoms in total. The summed E-state index contributed by atoms with van der Waals surface area (Å²) in [5, 5.41) is 9.26. The second-order valence-electron chi connectivity index (χ2n) is 5.72. The van der Waals surface area contributed by atoms with Gasteiger partial charge in [0.05, 0.1) is 7.11 Å². The van der Waals surface area contributed by atoms with Crippen LogP contribution in [0.2, 0.25) is 0 Å². The van der Waals surface area contributed by atoms with Gasteiger partial charge in [0.1, 0.15) is 5.75 Å². The number of methoxy groups -OCH3 is 1. The van der Waals surface area contributed by atoms with E-state index in [1.165, 1.54) is 32.1 Å². The van der Waals surface area contributed by atoms with Gasteiger partial charge in [0, 0.05) is 11.3 Å². The molecule has 0 atom stereocenters.